The minimum absolute atomic E-state index is 0.0811. The van der Waals surface area contributed by atoms with Crippen LogP contribution < -0.4 is 10.6 Å². The second kappa shape index (κ2) is 7.28. The second-order valence-electron chi connectivity index (χ2n) is 5.10. The number of carbonyl (C=O) groups is 1. The van der Waals surface area contributed by atoms with Crippen molar-refractivity contribution < 1.29 is 18.0 Å². The molecule has 0 aliphatic heterocycles. The van der Waals surface area contributed by atoms with Crippen LogP contribution in [0.3, 0.4) is 0 Å². The van der Waals surface area contributed by atoms with Crippen molar-refractivity contribution in [2.75, 3.05) is 11.9 Å². The molecular formula is C17H17F3N2O. The lowest BCUT2D eigenvalue weighted by molar-refractivity contribution is -0.137. The first-order chi connectivity index (χ1) is 10.9. The molecule has 0 aromatic heterocycles. The van der Waals surface area contributed by atoms with E-state index in [0.29, 0.717) is 0 Å². The fourth-order valence-electron chi connectivity index (χ4n) is 2.14. The van der Waals surface area contributed by atoms with Crippen molar-refractivity contribution in [3.8, 4) is 0 Å². The maximum absolute atomic E-state index is 12.9. The van der Waals surface area contributed by atoms with Crippen LogP contribution in [0.2, 0.25) is 0 Å². The molecule has 0 heterocycles. The Balaban J connectivity index is 1.96. The fourth-order valence-corrected chi connectivity index (χ4v) is 2.14. The first-order valence-corrected chi connectivity index (χ1v) is 7.12. The van der Waals surface area contributed by atoms with Gasteiger partial charge in [0.05, 0.1) is 17.8 Å². The Hall–Kier alpha value is -2.34. The maximum atomic E-state index is 12.9. The SMILES string of the molecule is C[C@H](NCC(=O)Nc1ccccc1C(F)(F)F)c1ccccc1. The predicted molar refractivity (Wildman–Crippen MR) is 82.9 cm³/mol. The maximum Gasteiger partial charge on any atom is 0.418 e. The van der Waals surface area contributed by atoms with Crippen LogP contribution in [0.4, 0.5) is 18.9 Å². The number of anilines is 1. The van der Waals surface area contributed by atoms with Crippen molar-refractivity contribution in [1.82, 2.24) is 5.32 Å². The van der Waals surface area contributed by atoms with Gasteiger partial charge >= 0.3 is 6.18 Å². The molecular weight excluding hydrogens is 305 g/mol. The van der Waals surface area contributed by atoms with Gasteiger partial charge in [-0.05, 0) is 24.6 Å². The highest BCUT2D eigenvalue weighted by Gasteiger charge is 2.33. The van der Waals surface area contributed by atoms with Gasteiger partial charge in [0.1, 0.15) is 0 Å². The van der Waals surface area contributed by atoms with E-state index in [-0.39, 0.29) is 18.3 Å². The lowest BCUT2D eigenvalue weighted by atomic mass is 10.1. The topological polar surface area (TPSA) is 41.1 Å². The third-order valence-electron chi connectivity index (χ3n) is 3.37. The summed E-state index contributed by atoms with van der Waals surface area (Å²) < 4.78 is 38.6. The first kappa shape index (κ1) is 17.0. The average Bonchev–Trinajstić information content (AvgIpc) is 2.53. The molecule has 1 atom stereocenters. The molecule has 6 heteroatoms. The number of hydrogen-bond acceptors (Lipinski definition) is 2. The summed E-state index contributed by atoms with van der Waals surface area (Å²) in [7, 11) is 0. The van der Waals surface area contributed by atoms with Gasteiger partial charge in [-0.15, -0.1) is 0 Å². The van der Waals surface area contributed by atoms with E-state index in [0.717, 1.165) is 11.6 Å². The monoisotopic (exact) mass is 322 g/mol. The van der Waals surface area contributed by atoms with Crippen LogP contribution in [-0.2, 0) is 11.0 Å². The molecule has 0 saturated carbocycles. The molecule has 0 aliphatic carbocycles. The number of carbonyl (C=O) groups excluding carboxylic acids is 1. The van der Waals surface area contributed by atoms with E-state index >= 15 is 0 Å². The highest BCUT2D eigenvalue weighted by molar-refractivity contribution is 5.93. The van der Waals surface area contributed by atoms with Crippen molar-refractivity contribution in [1.29, 1.82) is 0 Å². The molecule has 2 rings (SSSR count). The number of nitrogens with one attached hydrogen (secondary N) is 2. The normalized spacial score (nSPS) is 12.7. The summed E-state index contributed by atoms with van der Waals surface area (Å²) >= 11 is 0. The summed E-state index contributed by atoms with van der Waals surface area (Å²) in [6.45, 7) is 1.80. The van der Waals surface area contributed by atoms with Crippen molar-refractivity contribution in [3.63, 3.8) is 0 Å². The Kier molecular flexibility index (Phi) is 5.39. The van der Waals surface area contributed by atoms with Gasteiger partial charge < -0.3 is 10.6 Å². The van der Waals surface area contributed by atoms with Crippen LogP contribution in [0.1, 0.15) is 24.1 Å². The van der Waals surface area contributed by atoms with Crippen LogP contribution in [0.25, 0.3) is 0 Å². The Morgan fingerprint density at radius 1 is 1.04 bits per heavy atom. The fraction of sp³-hybridized carbons (Fsp3) is 0.235. The zero-order valence-electron chi connectivity index (χ0n) is 12.5. The summed E-state index contributed by atoms with van der Waals surface area (Å²) in [5, 5.41) is 5.29. The summed E-state index contributed by atoms with van der Waals surface area (Å²) in [5.74, 6) is -0.524. The van der Waals surface area contributed by atoms with Gasteiger partial charge in [-0.2, -0.15) is 13.2 Å². The largest absolute Gasteiger partial charge is 0.418 e. The van der Waals surface area contributed by atoms with Crippen molar-refractivity contribution in [2.24, 2.45) is 0 Å². The smallest absolute Gasteiger partial charge is 0.324 e. The second-order valence-corrected chi connectivity index (χ2v) is 5.10. The number of halogens is 3. The van der Waals surface area contributed by atoms with Gasteiger partial charge in [-0.25, -0.2) is 0 Å². The quantitative estimate of drug-likeness (QED) is 0.874. The molecule has 0 spiro atoms. The number of amides is 1. The standard InChI is InChI=1S/C17H17F3N2O/c1-12(13-7-3-2-4-8-13)21-11-16(23)22-15-10-6-5-9-14(15)17(18,19)20/h2-10,12,21H,11H2,1H3,(H,22,23)/t12-/m0/s1. The van der Waals surface area contributed by atoms with E-state index in [1.165, 1.54) is 18.2 Å². The molecule has 0 bridgehead atoms. The molecule has 1 amide bonds. The number of hydrogen-bond donors (Lipinski definition) is 2. The van der Waals surface area contributed by atoms with Gasteiger partial charge in [0.25, 0.3) is 0 Å². The average molecular weight is 322 g/mol. The molecule has 122 valence electrons. The van der Waals surface area contributed by atoms with Crippen LogP contribution in [0.15, 0.2) is 54.6 Å². The lowest BCUT2D eigenvalue weighted by Gasteiger charge is -2.16. The molecule has 0 aliphatic rings. The van der Waals surface area contributed by atoms with Gasteiger partial charge in [-0.3, -0.25) is 4.79 Å². The van der Waals surface area contributed by atoms with Gasteiger partial charge in [0.15, 0.2) is 0 Å². The predicted octanol–water partition coefficient (Wildman–Crippen LogP) is 3.99. The molecule has 3 nitrogen and oxygen atoms in total. The van der Waals surface area contributed by atoms with E-state index in [1.54, 1.807) is 0 Å². The summed E-state index contributed by atoms with van der Waals surface area (Å²) in [6, 6.07) is 14.3. The van der Waals surface area contributed by atoms with Crippen LogP contribution >= 0.6 is 0 Å². The van der Waals surface area contributed by atoms with Crippen LogP contribution in [0, 0.1) is 0 Å². The van der Waals surface area contributed by atoms with E-state index in [9.17, 15) is 18.0 Å². The van der Waals surface area contributed by atoms with E-state index in [2.05, 4.69) is 10.6 Å². The molecule has 0 radical (unpaired) electrons. The summed E-state index contributed by atoms with van der Waals surface area (Å²) in [4.78, 5) is 11.9. The van der Waals surface area contributed by atoms with Gasteiger partial charge in [-0.1, -0.05) is 42.5 Å². The lowest BCUT2D eigenvalue weighted by Crippen LogP contribution is -2.30. The van der Waals surface area contributed by atoms with E-state index < -0.39 is 17.6 Å². The third-order valence-corrected chi connectivity index (χ3v) is 3.37. The highest BCUT2D eigenvalue weighted by atomic mass is 19.4. The van der Waals surface area contributed by atoms with E-state index in [1.807, 2.05) is 37.3 Å². The zero-order chi connectivity index (χ0) is 16.9. The number of rotatable bonds is 5. The molecule has 0 saturated heterocycles. The Labute approximate surface area is 132 Å². The van der Waals surface area contributed by atoms with Crippen LogP contribution in [-0.4, -0.2) is 12.5 Å². The molecule has 2 aromatic rings. The zero-order valence-corrected chi connectivity index (χ0v) is 12.5. The molecule has 2 aromatic carbocycles. The van der Waals surface area contributed by atoms with Gasteiger partial charge in [0, 0.05) is 6.04 Å². The van der Waals surface area contributed by atoms with Crippen molar-refractivity contribution in [2.45, 2.75) is 19.1 Å². The highest BCUT2D eigenvalue weighted by Crippen LogP contribution is 2.34. The van der Waals surface area contributed by atoms with Crippen molar-refractivity contribution >= 4 is 11.6 Å². The number of para-hydroxylation sites is 1. The van der Waals surface area contributed by atoms with Crippen molar-refractivity contribution in [3.05, 3.63) is 65.7 Å². The minimum atomic E-state index is -4.51. The number of alkyl halides is 3. The third kappa shape index (κ3) is 4.82. The molecule has 0 unspecified atom stereocenters. The van der Waals surface area contributed by atoms with E-state index in [4.69, 9.17) is 0 Å². The summed E-state index contributed by atoms with van der Waals surface area (Å²) in [6.07, 6.45) is -4.51. The molecule has 2 N–H and O–H groups in total. The first-order valence-electron chi connectivity index (χ1n) is 7.12. The Morgan fingerprint density at radius 3 is 2.30 bits per heavy atom. The van der Waals surface area contributed by atoms with Crippen LogP contribution in [0.5, 0.6) is 0 Å². The van der Waals surface area contributed by atoms with Gasteiger partial charge in [0.2, 0.25) is 5.91 Å². The molecule has 0 fully saturated rings. The minimum Gasteiger partial charge on any atom is -0.324 e. The molecule has 23 heavy (non-hydrogen) atoms. The number of benzene rings is 2. The Bertz CT molecular complexity index is 656. The Morgan fingerprint density at radius 2 is 1.65 bits per heavy atom. The summed E-state index contributed by atoms with van der Waals surface area (Å²) in [5.41, 5.74) is -0.0976.